The van der Waals surface area contributed by atoms with Gasteiger partial charge in [-0.2, -0.15) is 0 Å². The number of hydrogen-bond acceptors (Lipinski definition) is 6. The zero-order chi connectivity index (χ0) is 17.4. The number of aryl methyl sites for hydroxylation is 1. The van der Waals surface area contributed by atoms with Crippen molar-refractivity contribution in [1.29, 1.82) is 0 Å². The number of nitrogens with two attached hydrogens (primary N) is 1. The Hall–Kier alpha value is -1.57. The first-order valence-electron chi connectivity index (χ1n) is 7.47. The van der Waals surface area contributed by atoms with Gasteiger partial charge in [-0.3, -0.25) is 4.79 Å². The first-order chi connectivity index (χ1) is 11.5. The smallest absolute Gasteiger partial charge is 0.220 e. The predicted molar refractivity (Wildman–Crippen MR) is 96.8 cm³/mol. The fourth-order valence-electron chi connectivity index (χ4n) is 1.93. The maximum atomic E-state index is 11.7. The van der Waals surface area contributed by atoms with Crippen LogP contribution in [0.5, 0.6) is 5.75 Å². The van der Waals surface area contributed by atoms with Crippen LogP contribution in [-0.2, 0) is 11.2 Å². The summed E-state index contributed by atoms with van der Waals surface area (Å²) in [7, 11) is 0. The number of aromatic nitrogens is 2. The Morgan fingerprint density at radius 1 is 1.29 bits per heavy atom. The molecule has 0 radical (unpaired) electrons. The lowest BCUT2D eigenvalue weighted by atomic mass is 10.3. The van der Waals surface area contributed by atoms with E-state index in [0.29, 0.717) is 46.9 Å². The molecule has 0 atom stereocenters. The number of nitrogens with zero attached hydrogens (tertiary/aromatic N) is 2. The first kappa shape index (κ1) is 18.8. The summed E-state index contributed by atoms with van der Waals surface area (Å²) in [6.45, 7) is 1.01. The van der Waals surface area contributed by atoms with E-state index in [1.54, 1.807) is 18.2 Å². The van der Waals surface area contributed by atoms with Crippen molar-refractivity contribution in [3.63, 3.8) is 0 Å². The maximum absolute atomic E-state index is 11.7. The molecule has 0 spiro atoms. The average Bonchev–Trinajstić information content (AvgIpc) is 2.95. The molecule has 1 amide bonds. The topological polar surface area (TPSA) is 90.1 Å². The fourth-order valence-corrected chi connectivity index (χ4v) is 3.04. The van der Waals surface area contributed by atoms with E-state index in [9.17, 15) is 4.79 Å². The van der Waals surface area contributed by atoms with E-state index in [4.69, 9.17) is 33.7 Å². The molecule has 24 heavy (non-hydrogen) atoms. The molecule has 0 aliphatic carbocycles. The van der Waals surface area contributed by atoms with Crippen LogP contribution in [0.15, 0.2) is 18.2 Å². The second-order valence-electron chi connectivity index (χ2n) is 5.01. The van der Waals surface area contributed by atoms with Gasteiger partial charge in [0.25, 0.3) is 0 Å². The molecule has 3 N–H and O–H groups in total. The molecule has 2 rings (SSSR count). The number of anilines is 1. The number of nitrogen functional groups attached to an aromatic ring is 1. The highest BCUT2D eigenvalue weighted by Gasteiger charge is 2.05. The number of ether oxygens (including phenoxy) is 1. The van der Waals surface area contributed by atoms with Crippen LogP contribution in [0.25, 0.3) is 0 Å². The number of carbonyl (C=O) groups excluding carboxylic acids is 1. The molecule has 0 saturated heterocycles. The van der Waals surface area contributed by atoms with Crippen LogP contribution in [0, 0.1) is 0 Å². The SMILES string of the molecule is Nc1nnc(CCCNC(=O)CCCOc2ccc(Cl)cc2Cl)s1. The summed E-state index contributed by atoms with van der Waals surface area (Å²) in [5.74, 6) is 0.565. The minimum Gasteiger partial charge on any atom is -0.492 e. The zero-order valence-electron chi connectivity index (χ0n) is 12.9. The highest BCUT2D eigenvalue weighted by atomic mass is 35.5. The third-order valence-corrected chi connectivity index (χ3v) is 4.41. The van der Waals surface area contributed by atoms with Gasteiger partial charge < -0.3 is 15.8 Å². The summed E-state index contributed by atoms with van der Waals surface area (Å²) in [5, 5.41) is 12.9. The number of hydrogen-bond donors (Lipinski definition) is 2. The molecule has 0 aliphatic heterocycles. The Morgan fingerprint density at radius 3 is 2.83 bits per heavy atom. The quantitative estimate of drug-likeness (QED) is 0.642. The van der Waals surface area contributed by atoms with Crippen LogP contribution in [0.3, 0.4) is 0 Å². The molecule has 6 nitrogen and oxygen atoms in total. The van der Waals surface area contributed by atoms with Crippen LogP contribution < -0.4 is 15.8 Å². The highest BCUT2D eigenvalue weighted by molar-refractivity contribution is 7.15. The molecular formula is C15H18Cl2N4O2S. The predicted octanol–water partition coefficient (Wildman–Crippen LogP) is 3.34. The number of carbonyl (C=O) groups is 1. The van der Waals surface area contributed by atoms with Crippen molar-refractivity contribution in [2.45, 2.75) is 25.7 Å². The van der Waals surface area contributed by atoms with Crippen molar-refractivity contribution < 1.29 is 9.53 Å². The minimum atomic E-state index is -0.00224. The van der Waals surface area contributed by atoms with Crippen molar-refractivity contribution in [1.82, 2.24) is 15.5 Å². The van der Waals surface area contributed by atoms with E-state index in [2.05, 4.69) is 15.5 Å². The molecule has 1 aromatic heterocycles. The summed E-state index contributed by atoms with van der Waals surface area (Å²) in [6, 6.07) is 5.04. The second kappa shape index (κ2) is 9.66. The lowest BCUT2D eigenvalue weighted by Crippen LogP contribution is -2.24. The number of halogens is 2. The lowest BCUT2D eigenvalue weighted by Gasteiger charge is -2.08. The van der Waals surface area contributed by atoms with Crippen molar-refractivity contribution in [2.75, 3.05) is 18.9 Å². The van der Waals surface area contributed by atoms with Gasteiger partial charge >= 0.3 is 0 Å². The van der Waals surface area contributed by atoms with Crippen LogP contribution in [0.1, 0.15) is 24.3 Å². The van der Waals surface area contributed by atoms with E-state index < -0.39 is 0 Å². The summed E-state index contributed by atoms with van der Waals surface area (Å²) >= 11 is 13.2. The summed E-state index contributed by atoms with van der Waals surface area (Å²) in [4.78, 5) is 11.7. The molecular weight excluding hydrogens is 371 g/mol. The molecule has 130 valence electrons. The second-order valence-corrected chi connectivity index (χ2v) is 6.95. The highest BCUT2D eigenvalue weighted by Crippen LogP contribution is 2.27. The Labute approximate surface area is 154 Å². The van der Waals surface area contributed by atoms with Gasteiger partial charge in [-0.1, -0.05) is 34.5 Å². The Bertz CT molecular complexity index is 681. The van der Waals surface area contributed by atoms with Gasteiger partial charge in [-0.05, 0) is 31.0 Å². The van der Waals surface area contributed by atoms with Gasteiger partial charge in [0.1, 0.15) is 10.8 Å². The van der Waals surface area contributed by atoms with Crippen molar-refractivity contribution in [3.05, 3.63) is 33.3 Å². The molecule has 0 saturated carbocycles. The van der Waals surface area contributed by atoms with Gasteiger partial charge in [-0.25, -0.2) is 0 Å². The van der Waals surface area contributed by atoms with E-state index in [0.717, 1.165) is 17.8 Å². The Morgan fingerprint density at radius 2 is 2.12 bits per heavy atom. The zero-order valence-corrected chi connectivity index (χ0v) is 15.3. The van der Waals surface area contributed by atoms with Crippen LogP contribution >= 0.6 is 34.5 Å². The molecule has 0 fully saturated rings. The van der Waals surface area contributed by atoms with Gasteiger partial charge in [-0.15, -0.1) is 10.2 Å². The largest absolute Gasteiger partial charge is 0.492 e. The lowest BCUT2D eigenvalue weighted by molar-refractivity contribution is -0.121. The van der Waals surface area contributed by atoms with E-state index in [-0.39, 0.29) is 5.91 Å². The van der Waals surface area contributed by atoms with Gasteiger partial charge in [0.2, 0.25) is 11.0 Å². The minimum absolute atomic E-state index is 0.00224. The van der Waals surface area contributed by atoms with Crippen molar-refractivity contribution in [2.24, 2.45) is 0 Å². The normalized spacial score (nSPS) is 10.6. The molecule has 1 heterocycles. The van der Waals surface area contributed by atoms with E-state index in [1.165, 1.54) is 11.3 Å². The first-order valence-corrected chi connectivity index (χ1v) is 9.04. The molecule has 0 bridgehead atoms. The van der Waals surface area contributed by atoms with E-state index in [1.807, 2.05) is 0 Å². The molecule has 0 unspecified atom stereocenters. The van der Waals surface area contributed by atoms with Crippen molar-refractivity contribution in [3.8, 4) is 5.75 Å². The van der Waals surface area contributed by atoms with Crippen LogP contribution in [0.2, 0.25) is 10.0 Å². The summed E-state index contributed by atoms with van der Waals surface area (Å²) < 4.78 is 5.53. The van der Waals surface area contributed by atoms with Gasteiger partial charge in [0.15, 0.2) is 0 Å². The number of rotatable bonds is 9. The monoisotopic (exact) mass is 388 g/mol. The standard InChI is InChI=1S/C15H18Cl2N4O2S/c16-10-5-6-12(11(17)9-10)23-8-2-3-13(22)19-7-1-4-14-20-21-15(18)24-14/h5-6,9H,1-4,7-8H2,(H2,18,21)(H,19,22). The van der Waals surface area contributed by atoms with Gasteiger partial charge in [0, 0.05) is 24.4 Å². The molecule has 2 aromatic rings. The fraction of sp³-hybridized carbons (Fsp3) is 0.400. The Kier molecular flexibility index (Phi) is 7.55. The third kappa shape index (κ3) is 6.51. The van der Waals surface area contributed by atoms with Crippen molar-refractivity contribution >= 4 is 45.6 Å². The third-order valence-electron chi connectivity index (χ3n) is 3.07. The van der Waals surface area contributed by atoms with Crippen LogP contribution in [0.4, 0.5) is 5.13 Å². The Balaban J connectivity index is 1.54. The number of benzene rings is 1. The molecule has 9 heteroatoms. The number of amides is 1. The average molecular weight is 389 g/mol. The summed E-state index contributed by atoms with van der Waals surface area (Å²) in [6.07, 6.45) is 2.57. The molecule has 0 aliphatic rings. The van der Waals surface area contributed by atoms with Crippen LogP contribution in [-0.4, -0.2) is 29.3 Å². The summed E-state index contributed by atoms with van der Waals surface area (Å²) in [5.41, 5.74) is 5.51. The maximum Gasteiger partial charge on any atom is 0.220 e. The number of nitrogens with one attached hydrogen (secondary N) is 1. The van der Waals surface area contributed by atoms with E-state index >= 15 is 0 Å². The molecule has 1 aromatic carbocycles. The van der Waals surface area contributed by atoms with Gasteiger partial charge in [0.05, 0.1) is 11.6 Å².